The molecule has 0 unspecified atom stereocenters. The van der Waals surface area contributed by atoms with E-state index in [4.69, 9.17) is 0 Å². The number of nitrogens with one attached hydrogen (secondary N) is 1. The van der Waals surface area contributed by atoms with Crippen molar-refractivity contribution < 1.29 is 14.7 Å². The van der Waals surface area contributed by atoms with Gasteiger partial charge in [-0.2, -0.15) is 0 Å². The average molecular weight is 446 g/mol. The van der Waals surface area contributed by atoms with E-state index in [1.54, 1.807) is 9.80 Å². The summed E-state index contributed by atoms with van der Waals surface area (Å²) in [5.74, 6) is -0.0567. The maximum Gasteiger partial charge on any atom is 0.318 e. The summed E-state index contributed by atoms with van der Waals surface area (Å²) < 4.78 is 0. The standard InChI is InChI=1S/C27H31N3O3/c31-18-24-26(21-14-12-20(13-15-21)11-10-19-6-2-1-3-7-19)23-16-29(17-25(32)30(23)24)27(33)28-22-8-4-5-9-22/h1-3,6-7,10-15,22-24,26,31H,4-5,8-9,16-18H2,(H,28,33)/b11-10+/t23-,24+,26+/m1/s1. The molecule has 2 saturated heterocycles. The van der Waals surface area contributed by atoms with E-state index in [0.717, 1.165) is 42.4 Å². The van der Waals surface area contributed by atoms with Crippen LogP contribution in [0.2, 0.25) is 0 Å². The zero-order valence-electron chi connectivity index (χ0n) is 18.8. The maximum atomic E-state index is 12.8. The number of rotatable bonds is 5. The summed E-state index contributed by atoms with van der Waals surface area (Å²) >= 11 is 0. The number of nitrogens with zero attached hydrogens (tertiary/aromatic N) is 2. The molecule has 0 spiro atoms. The number of benzene rings is 2. The molecule has 5 rings (SSSR count). The molecule has 2 N–H and O–H groups in total. The molecule has 3 fully saturated rings. The van der Waals surface area contributed by atoms with E-state index in [9.17, 15) is 14.7 Å². The second-order valence-electron chi connectivity index (χ2n) is 9.37. The number of aliphatic hydroxyl groups excluding tert-OH is 1. The molecule has 1 saturated carbocycles. The zero-order chi connectivity index (χ0) is 22.8. The number of urea groups is 1. The molecule has 3 atom stereocenters. The Hall–Kier alpha value is -3.12. The number of carbonyl (C=O) groups excluding carboxylic acids is 2. The van der Waals surface area contributed by atoms with E-state index in [-0.39, 0.29) is 49.1 Å². The summed E-state index contributed by atoms with van der Waals surface area (Å²) in [5, 5.41) is 13.1. The second kappa shape index (κ2) is 9.40. The second-order valence-corrected chi connectivity index (χ2v) is 9.37. The zero-order valence-corrected chi connectivity index (χ0v) is 18.8. The van der Waals surface area contributed by atoms with Crippen LogP contribution in [0.5, 0.6) is 0 Å². The molecule has 2 aromatic carbocycles. The molecule has 33 heavy (non-hydrogen) atoms. The molecule has 3 amide bonds. The van der Waals surface area contributed by atoms with Crippen LogP contribution in [0.4, 0.5) is 4.79 Å². The van der Waals surface area contributed by atoms with Crippen LogP contribution in [0.3, 0.4) is 0 Å². The smallest absolute Gasteiger partial charge is 0.318 e. The van der Waals surface area contributed by atoms with Crippen molar-refractivity contribution in [1.82, 2.24) is 15.1 Å². The van der Waals surface area contributed by atoms with E-state index in [0.29, 0.717) is 6.54 Å². The largest absolute Gasteiger partial charge is 0.394 e. The molecule has 1 aliphatic carbocycles. The van der Waals surface area contributed by atoms with Gasteiger partial charge in [-0.1, -0.05) is 79.6 Å². The topological polar surface area (TPSA) is 72.9 Å². The van der Waals surface area contributed by atoms with Gasteiger partial charge >= 0.3 is 6.03 Å². The molecule has 172 valence electrons. The average Bonchev–Trinajstić information content (AvgIpc) is 3.33. The van der Waals surface area contributed by atoms with Crippen molar-refractivity contribution >= 4 is 24.1 Å². The van der Waals surface area contributed by atoms with E-state index >= 15 is 0 Å². The predicted octanol–water partition coefficient (Wildman–Crippen LogP) is 3.48. The van der Waals surface area contributed by atoms with E-state index < -0.39 is 0 Å². The number of hydrogen-bond acceptors (Lipinski definition) is 3. The minimum Gasteiger partial charge on any atom is -0.394 e. The molecule has 0 bridgehead atoms. The van der Waals surface area contributed by atoms with E-state index in [1.807, 2.05) is 18.2 Å². The van der Waals surface area contributed by atoms with Crippen molar-refractivity contribution in [3.05, 3.63) is 71.3 Å². The minimum atomic E-state index is -0.228. The quantitative estimate of drug-likeness (QED) is 0.692. The molecular weight excluding hydrogens is 414 g/mol. The van der Waals surface area contributed by atoms with Gasteiger partial charge in [0.25, 0.3) is 0 Å². The minimum absolute atomic E-state index is 0.0215. The van der Waals surface area contributed by atoms with Crippen LogP contribution in [0.25, 0.3) is 12.2 Å². The monoisotopic (exact) mass is 445 g/mol. The highest BCUT2D eigenvalue weighted by molar-refractivity contribution is 5.87. The number of piperazine rings is 1. The number of hydrogen-bond donors (Lipinski definition) is 2. The first-order valence-corrected chi connectivity index (χ1v) is 11.9. The lowest BCUT2D eigenvalue weighted by atomic mass is 9.73. The lowest BCUT2D eigenvalue weighted by molar-refractivity contribution is -0.159. The summed E-state index contributed by atoms with van der Waals surface area (Å²) in [6, 6.07) is 18.2. The highest BCUT2D eigenvalue weighted by atomic mass is 16.3. The van der Waals surface area contributed by atoms with Crippen LogP contribution >= 0.6 is 0 Å². The molecule has 0 aromatic heterocycles. The van der Waals surface area contributed by atoms with Crippen LogP contribution in [0.1, 0.15) is 48.3 Å². The first kappa shape index (κ1) is 21.7. The van der Waals surface area contributed by atoms with Gasteiger partial charge in [0, 0.05) is 18.5 Å². The van der Waals surface area contributed by atoms with Crippen LogP contribution in [0.15, 0.2) is 54.6 Å². The van der Waals surface area contributed by atoms with Crippen molar-refractivity contribution in [3.63, 3.8) is 0 Å². The van der Waals surface area contributed by atoms with Gasteiger partial charge in [-0.25, -0.2) is 4.79 Å². The summed E-state index contributed by atoms with van der Waals surface area (Å²) in [5.41, 5.74) is 3.34. The SMILES string of the molecule is O=C(NC1CCCC1)N1CC(=O)N2[C@H](C1)[C@H](c1ccc(/C=C/c3ccccc3)cc1)[C@@H]2CO. The van der Waals surface area contributed by atoms with Crippen molar-refractivity contribution in [2.24, 2.45) is 0 Å². The number of fused-ring (bicyclic) bond motifs is 1. The maximum absolute atomic E-state index is 12.8. The lowest BCUT2D eigenvalue weighted by Gasteiger charge is -2.58. The van der Waals surface area contributed by atoms with Gasteiger partial charge in [-0.3, -0.25) is 4.79 Å². The number of aliphatic hydroxyl groups is 1. The highest BCUT2D eigenvalue weighted by Crippen LogP contribution is 2.43. The van der Waals surface area contributed by atoms with Crippen molar-refractivity contribution in [2.45, 2.75) is 49.7 Å². The normalized spacial score (nSPS) is 25.2. The first-order chi connectivity index (χ1) is 16.1. The fraction of sp³-hybridized carbons (Fsp3) is 0.407. The molecule has 6 heteroatoms. The van der Waals surface area contributed by atoms with Gasteiger partial charge in [0.1, 0.15) is 6.54 Å². The molecule has 0 radical (unpaired) electrons. The summed E-state index contributed by atoms with van der Waals surface area (Å²) in [4.78, 5) is 29.0. The first-order valence-electron chi connectivity index (χ1n) is 11.9. The third-order valence-electron chi connectivity index (χ3n) is 7.31. The van der Waals surface area contributed by atoms with Crippen LogP contribution < -0.4 is 5.32 Å². The van der Waals surface area contributed by atoms with Crippen LogP contribution in [-0.4, -0.2) is 64.7 Å². The molecule has 2 aromatic rings. The molecule has 2 heterocycles. The Kier molecular flexibility index (Phi) is 6.18. The Bertz CT molecular complexity index is 1010. The van der Waals surface area contributed by atoms with Crippen LogP contribution in [-0.2, 0) is 4.79 Å². The summed E-state index contributed by atoms with van der Waals surface area (Å²) in [7, 11) is 0. The van der Waals surface area contributed by atoms with E-state index in [1.165, 1.54) is 0 Å². The summed E-state index contributed by atoms with van der Waals surface area (Å²) in [6.45, 7) is 0.513. The van der Waals surface area contributed by atoms with Gasteiger partial charge in [0.05, 0.1) is 18.7 Å². The lowest BCUT2D eigenvalue weighted by Crippen LogP contribution is -2.74. The number of carbonyl (C=O) groups is 2. The highest BCUT2D eigenvalue weighted by Gasteiger charge is 2.54. The van der Waals surface area contributed by atoms with Gasteiger partial charge < -0.3 is 20.2 Å². The van der Waals surface area contributed by atoms with Gasteiger partial charge in [0.15, 0.2) is 0 Å². The third kappa shape index (κ3) is 4.40. The fourth-order valence-corrected chi connectivity index (χ4v) is 5.58. The molecular formula is C27H31N3O3. The Balaban J connectivity index is 1.28. The van der Waals surface area contributed by atoms with Gasteiger partial charge in [-0.05, 0) is 29.5 Å². The molecule has 3 aliphatic rings. The third-order valence-corrected chi connectivity index (χ3v) is 7.31. The van der Waals surface area contributed by atoms with Crippen molar-refractivity contribution in [3.8, 4) is 0 Å². The Labute approximate surface area is 194 Å². The Morgan fingerprint density at radius 1 is 1.00 bits per heavy atom. The van der Waals surface area contributed by atoms with Crippen molar-refractivity contribution in [2.75, 3.05) is 19.7 Å². The molecule has 6 nitrogen and oxygen atoms in total. The number of amides is 3. The Morgan fingerprint density at radius 2 is 1.67 bits per heavy atom. The van der Waals surface area contributed by atoms with E-state index in [2.05, 4.69) is 53.9 Å². The Morgan fingerprint density at radius 3 is 2.33 bits per heavy atom. The molecule has 2 aliphatic heterocycles. The van der Waals surface area contributed by atoms with Crippen molar-refractivity contribution in [1.29, 1.82) is 0 Å². The van der Waals surface area contributed by atoms with Gasteiger partial charge in [0.2, 0.25) is 5.91 Å². The fourth-order valence-electron chi connectivity index (χ4n) is 5.58. The van der Waals surface area contributed by atoms with Gasteiger partial charge in [-0.15, -0.1) is 0 Å². The predicted molar refractivity (Wildman–Crippen MR) is 128 cm³/mol. The van der Waals surface area contributed by atoms with Crippen LogP contribution in [0, 0.1) is 0 Å². The summed E-state index contributed by atoms with van der Waals surface area (Å²) in [6.07, 6.45) is 8.49.